The molecule has 2 rings (SSSR count). The van der Waals surface area contributed by atoms with E-state index in [-0.39, 0.29) is 0 Å². The molecule has 2 heterocycles. The Morgan fingerprint density at radius 2 is 1.30 bits per heavy atom. The van der Waals surface area contributed by atoms with Crippen LogP contribution in [0.15, 0.2) is 0 Å². The first-order valence-corrected chi connectivity index (χ1v) is 9.57. The Kier molecular flexibility index (Phi) is 8.51. The Labute approximate surface area is 143 Å². The second kappa shape index (κ2) is 10.7. The molecule has 0 atom stereocenters. The van der Waals surface area contributed by atoms with Crippen LogP contribution >= 0.6 is 0 Å². The van der Waals surface area contributed by atoms with Crippen LogP contribution in [0.2, 0.25) is 0 Å². The lowest BCUT2D eigenvalue weighted by molar-refractivity contribution is 0.165. The van der Waals surface area contributed by atoms with Crippen molar-refractivity contribution in [1.29, 1.82) is 5.26 Å². The summed E-state index contributed by atoms with van der Waals surface area (Å²) in [7, 11) is 0. The fraction of sp³-hybridized carbons (Fsp3) is 0.850. The lowest BCUT2D eigenvalue weighted by Gasteiger charge is -2.33. The molecule has 2 aliphatic heterocycles. The Balaban J connectivity index is 1.50. The molecule has 23 heavy (non-hydrogen) atoms. The van der Waals surface area contributed by atoms with Gasteiger partial charge in [0, 0.05) is 25.9 Å². The van der Waals surface area contributed by atoms with Crippen LogP contribution in [0.5, 0.6) is 0 Å². The zero-order valence-corrected chi connectivity index (χ0v) is 14.7. The molecule has 128 valence electrons. The van der Waals surface area contributed by atoms with Gasteiger partial charge in [0.15, 0.2) is 0 Å². The van der Waals surface area contributed by atoms with E-state index in [0.717, 1.165) is 31.3 Å². The summed E-state index contributed by atoms with van der Waals surface area (Å²) in [6, 6.07) is 2.26. The van der Waals surface area contributed by atoms with E-state index in [9.17, 15) is 0 Å². The summed E-state index contributed by atoms with van der Waals surface area (Å²) in [5.41, 5.74) is 0. The van der Waals surface area contributed by atoms with Gasteiger partial charge in [0.1, 0.15) is 0 Å². The van der Waals surface area contributed by atoms with Crippen molar-refractivity contribution in [2.24, 2.45) is 11.8 Å². The third-order valence-electron chi connectivity index (χ3n) is 5.75. The summed E-state index contributed by atoms with van der Waals surface area (Å²) in [6.45, 7) is 6.99. The van der Waals surface area contributed by atoms with E-state index in [0.29, 0.717) is 6.42 Å². The van der Waals surface area contributed by atoms with Crippen LogP contribution < -0.4 is 0 Å². The summed E-state index contributed by atoms with van der Waals surface area (Å²) in [4.78, 5) is 5.00. The summed E-state index contributed by atoms with van der Waals surface area (Å²) in [6.07, 6.45) is 16.6. The van der Waals surface area contributed by atoms with Crippen molar-refractivity contribution in [3.63, 3.8) is 0 Å². The Hall–Kier alpha value is -1.03. The van der Waals surface area contributed by atoms with Crippen molar-refractivity contribution in [3.05, 3.63) is 0 Å². The molecule has 0 aromatic carbocycles. The molecule has 0 aromatic heterocycles. The van der Waals surface area contributed by atoms with Crippen molar-refractivity contribution in [1.82, 2.24) is 9.80 Å². The number of piperidine rings is 2. The van der Waals surface area contributed by atoms with Crippen molar-refractivity contribution >= 4 is 0 Å². The monoisotopic (exact) mass is 315 g/mol. The highest BCUT2D eigenvalue weighted by Gasteiger charge is 2.21. The van der Waals surface area contributed by atoms with Crippen molar-refractivity contribution in [2.45, 2.75) is 57.8 Å². The van der Waals surface area contributed by atoms with Gasteiger partial charge in [-0.05, 0) is 63.7 Å². The van der Waals surface area contributed by atoms with Gasteiger partial charge < -0.3 is 9.80 Å². The van der Waals surface area contributed by atoms with Gasteiger partial charge in [-0.3, -0.25) is 0 Å². The summed E-state index contributed by atoms with van der Waals surface area (Å²) in [5.74, 6) is 4.64. The Bertz CT molecular complexity index is 352. The molecule has 0 unspecified atom stereocenters. The number of rotatable bonds is 8. The van der Waals surface area contributed by atoms with E-state index >= 15 is 0 Å². The molecule has 0 aliphatic carbocycles. The molecular weight excluding hydrogens is 282 g/mol. The van der Waals surface area contributed by atoms with Crippen LogP contribution in [0, 0.1) is 35.5 Å². The molecule has 0 N–H and O–H groups in total. The highest BCUT2D eigenvalue weighted by atomic mass is 15.1. The van der Waals surface area contributed by atoms with Gasteiger partial charge in [-0.2, -0.15) is 5.26 Å². The number of likely N-dealkylation sites (tertiary alicyclic amines) is 2. The molecule has 2 saturated heterocycles. The van der Waals surface area contributed by atoms with E-state index in [4.69, 9.17) is 11.7 Å². The minimum atomic E-state index is 0.685. The van der Waals surface area contributed by atoms with E-state index in [1.165, 1.54) is 71.1 Å². The smallest absolute Gasteiger partial charge is 0.0635 e. The van der Waals surface area contributed by atoms with Crippen LogP contribution in [-0.4, -0.2) is 49.1 Å². The summed E-state index contributed by atoms with van der Waals surface area (Å²) < 4.78 is 0. The molecule has 3 heteroatoms. The van der Waals surface area contributed by atoms with Crippen LogP contribution in [0.3, 0.4) is 0 Å². The molecule has 2 fully saturated rings. The molecule has 3 nitrogen and oxygen atoms in total. The quantitative estimate of drug-likeness (QED) is 0.642. The van der Waals surface area contributed by atoms with Crippen LogP contribution in [0.4, 0.5) is 0 Å². The summed E-state index contributed by atoms with van der Waals surface area (Å²) >= 11 is 0. The Morgan fingerprint density at radius 1 is 0.826 bits per heavy atom. The average molecular weight is 316 g/mol. The normalized spacial score (nSPS) is 21.8. The molecule has 0 spiro atoms. The van der Waals surface area contributed by atoms with Crippen LogP contribution in [-0.2, 0) is 0 Å². The van der Waals surface area contributed by atoms with Gasteiger partial charge in [0.25, 0.3) is 0 Å². The fourth-order valence-electron chi connectivity index (χ4n) is 4.12. The summed E-state index contributed by atoms with van der Waals surface area (Å²) in [5, 5.41) is 8.66. The highest BCUT2D eigenvalue weighted by Crippen LogP contribution is 2.27. The lowest BCUT2D eigenvalue weighted by atomic mass is 9.87. The first kappa shape index (κ1) is 18.3. The zero-order valence-electron chi connectivity index (χ0n) is 14.7. The molecule has 0 radical (unpaired) electrons. The third kappa shape index (κ3) is 6.94. The predicted molar refractivity (Wildman–Crippen MR) is 95.9 cm³/mol. The van der Waals surface area contributed by atoms with E-state index < -0.39 is 0 Å². The number of nitriles is 1. The molecular formula is C20H33N3. The highest BCUT2D eigenvalue weighted by molar-refractivity contribution is 4.85. The maximum Gasteiger partial charge on any atom is 0.0635 e. The third-order valence-corrected chi connectivity index (χ3v) is 5.75. The fourth-order valence-corrected chi connectivity index (χ4v) is 4.12. The van der Waals surface area contributed by atoms with Gasteiger partial charge >= 0.3 is 0 Å². The molecule has 0 amide bonds. The standard InChI is InChI=1S/C20H33N3/c1-2-3-13-22-15-8-19(9-16-22)6-4-7-20-10-17-23(18-11-20)14-5-12-21/h1,19-20H,3-11,13-18H2. The van der Waals surface area contributed by atoms with E-state index in [1.54, 1.807) is 0 Å². The number of hydrogen-bond donors (Lipinski definition) is 0. The second-order valence-corrected chi connectivity index (χ2v) is 7.36. The van der Waals surface area contributed by atoms with Crippen LogP contribution in [0.25, 0.3) is 0 Å². The first-order valence-electron chi connectivity index (χ1n) is 9.57. The van der Waals surface area contributed by atoms with Crippen LogP contribution in [0.1, 0.15) is 57.8 Å². The SMILES string of the molecule is C#CCCN1CCC(CCCC2CCN(CCC#N)CC2)CC1. The van der Waals surface area contributed by atoms with Crippen molar-refractivity contribution in [2.75, 3.05) is 39.3 Å². The first-order chi connectivity index (χ1) is 11.3. The van der Waals surface area contributed by atoms with Gasteiger partial charge in [0.05, 0.1) is 6.07 Å². The van der Waals surface area contributed by atoms with Gasteiger partial charge in [-0.15, -0.1) is 12.3 Å². The van der Waals surface area contributed by atoms with Gasteiger partial charge in [-0.25, -0.2) is 0 Å². The van der Waals surface area contributed by atoms with E-state index in [1.807, 2.05) is 0 Å². The zero-order chi connectivity index (χ0) is 16.3. The van der Waals surface area contributed by atoms with E-state index in [2.05, 4.69) is 21.8 Å². The van der Waals surface area contributed by atoms with Gasteiger partial charge in [-0.1, -0.05) is 19.3 Å². The number of nitrogens with zero attached hydrogens (tertiary/aromatic N) is 3. The maximum absolute atomic E-state index is 8.66. The number of terminal acetylenes is 1. The molecule has 0 saturated carbocycles. The topological polar surface area (TPSA) is 30.3 Å². The Morgan fingerprint density at radius 3 is 1.74 bits per heavy atom. The predicted octanol–water partition coefficient (Wildman–Crippen LogP) is 3.52. The number of hydrogen-bond acceptors (Lipinski definition) is 3. The molecule has 0 bridgehead atoms. The van der Waals surface area contributed by atoms with Crippen molar-refractivity contribution in [3.8, 4) is 18.4 Å². The lowest BCUT2D eigenvalue weighted by Crippen LogP contribution is -2.35. The second-order valence-electron chi connectivity index (χ2n) is 7.36. The minimum Gasteiger partial charge on any atom is -0.302 e. The van der Waals surface area contributed by atoms with Gasteiger partial charge in [0.2, 0.25) is 0 Å². The molecule has 0 aromatic rings. The maximum atomic E-state index is 8.66. The van der Waals surface area contributed by atoms with Crippen molar-refractivity contribution < 1.29 is 0 Å². The average Bonchev–Trinajstić information content (AvgIpc) is 2.60. The minimum absolute atomic E-state index is 0.685. The molecule has 2 aliphatic rings. The largest absolute Gasteiger partial charge is 0.302 e.